The molecule has 1 aliphatic heterocycles. The highest BCUT2D eigenvalue weighted by Gasteiger charge is 2.68. The minimum Gasteiger partial charge on any atom is -0.377 e. The van der Waals surface area contributed by atoms with Crippen LogP contribution in [-0.2, 0) is 14.2 Å². The van der Waals surface area contributed by atoms with Crippen molar-refractivity contribution in [1.29, 1.82) is 0 Å². The maximum atomic E-state index is 6.15. The molecule has 2 aromatic carbocycles. The molecule has 5 rings (SSSR count). The molecule has 4 atom stereocenters. The van der Waals surface area contributed by atoms with Gasteiger partial charge in [-0.2, -0.15) is 0 Å². The Balaban J connectivity index is 1.13. The molecule has 156 valence electrons. The summed E-state index contributed by atoms with van der Waals surface area (Å²) in [5.41, 5.74) is 2.51. The number of benzene rings is 2. The van der Waals surface area contributed by atoms with E-state index in [0.717, 1.165) is 13.2 Å². The third-order valence-corrected chi connectivity index (χ3v) is 6.86. The fraction of sp³-hybridized carbons (Fsp3) is 0.407. The lowest BCUT2D eigenvalue weighted by molar-refractivity contribution is -0.0399. The van der Waals surface area contributed by atoms with Gasteiger partial charge in [0.1, 0.15) is 0 Å². The van der Waals surface area contributed by atoms with Gasteiger partial charge < -0.3 is 14.2 Å². The van der Waals surface area contributed by atoms with Crippen molar-refractivity contribution in [2.45, 2.75) is 25.0 Å². The molecule has 3 heteroatoms. The van der Waals surface area contributed by atoms with Crippen LogP contribution in [0.5, 0.6) is 0 Å². The Bertz CT molecular complexity index is 818. The average Bonchev–Trinajstić information content (AvgIpc) is 3.42. The minimum absolute atomic E-state index is 0.101. The normalized spacial score (nSPS) is 31.6. The monoisotopic (exact) mass is 402 g/mol. The molecule has 0 aromatic heterocycles. The zero-order valence-electron chi connectivity index (χ0n) is 17.4. The van der Waals surface area contributed by atoms with Crippen LogP contribution in [0.2, 0.25) is 0 Å². The molecule has 2 saturated carbocycles. The Labute approximate surface area is 179 Å². The molecule has 1 heterocycles. The van der Waals surface area contributed by atoms with Gasteiger partial charge in [-0.15, -0.1) is 0 Å². The molecular weight excluding hydrogens is 372 g/mol. The third-order valence-electron chi connectivity index (χ3n) is 6.86. The van der Waals surface area contributed by atoms with Crippen LogP contribution >= 0.6 is 0 Å². The second kappa shape index (κ2) is 8.89. The number of hydrogen-bond donors (Lipinski definition) is 0. The van der Waals surface area contributed by atoms with E-state index in [-0.39, 0.29) is 5.41 Å². The van der Waals surface area contributed by atoms with Crippen LogP contribution in [0.4, 0.5) is 0 Å². The third kappa shape index (κ3) is 4.29. The summed E-state index contributed by atoms with van der Waals surface area (Å²) in [7, 11) is 0. The molecule has 30 heavy (non-hydrogen) atoms. The van der Waals surface area contributed by atoms with Crippen molar-refractivity contribution < 1.29 is 14.2 Å². The van der Waals surface area contributed by atoms with Crippen molar-refractivity contribution in [2.24, 2.45) is 17.3 Å². The summed E-state index contributed by atoms with van der Waals surface area (Å²) in [6.07, 6.45) is 11.9. The number of hydrogen-bond acceptors (Lipinski definition) is 3. The highest BCUT2D eigenvalue weighted by molar-refractivity contribution is 5.49. The fourth-order valence-electron chi connectivity index (χ4n) is 5.44. The highest BCUT2D eigenvalue weighted by atomic mass is 16.6. The van der Waals surface area contributed by atoms with E-state index in [2.05, 4.69) is 72.8 Å². The van der Waals surface area contributed by atoms with Gasteiger partial charge >= 0.3 is 0 Å². The van der Waals surface area contributed by atoms with Crippen molar-refractivity contribution in [1.82, 2.24) is 0 Å². The first-order chi connectivity index (χ1) is 14.8. The molecule has 2 aliphatic carbocycles. The number of ether oxygens (including phenoxy) is 3. The first kappa shape index (κ1) is 19.7. The lowest BCUT2D eigenvalue weighted by Gasteiger charge is -2.35. The Kier molecular flexibility index (Phi) is 5.85. The van der Waals surface area contributed by atoms with Gasteiger partial charge in [-0.25, -0.2) is 0 Å². The topological polar surface area (TPSA) is 31.0 Å². The van der Waals surface area contributed by atoms with Crippen LogP contribution < -0.4 is 0 Å². The van der Waals surface area contributed by atoms with Gasteiger partial charge in [0.15, 0.2) is 0 Å². The second-order valence-corrected chi connectivity index (χ2v) is 8.89. The summed E-state index contributed by atoms with van der Waals surface area (Å²) in [5.74, 6) is 1.29. The largest absolute Gasteiger partial charge is 0.377 e. The van der Waals surface area contributed by atoms with Crippen molar-refractivity contribution in [3.05, 3.63) is 83.9 Å². The van der Waals surface area contributed by atoms with E-state index in [1.54, 1.807) is 0 Å². The Morgan fingerprint density at radius 1 is 0.800 bits per heavy atom. The molecule has 2 bridgehead atoms. The van der Waals surface area contributed by atoms with Crippen molar-refractivity contribution >= 4 is 12.2 Å². The molecule has 1 saturated heterocycles. The fourth-order valence-corrected chi connectivity index (χ4v) is 5.44. The van der Waals surface area contributed by atoms with Gasteiger partial charge in [0, 0.05) is 5.41 Å². The number of epoxide rings is 1. The van der Waals surface area contributed by atoms with Crippen LogP contribution in [-0.4, -0.2) is 38.6 Å². The Morgan fingerprint density at radius 3 is 1.87 bits per heavy atom. The van der Waals surface area contributed by atoms with Crippen molar-refractivity contribution in [3.8, 4) is 0 Å². The quantitative estimate of drug-likeness (QED) is 0.402. The summed E-state index contributed by atoms with van der Waals surface area (Å²) >= 11 is 0. The first-order valence-electron chi connectivity index (χ1n) is 11.1. The molecule has 3 aliphatic rings. The molecule has 0 spiro atoms. The van der Waals surface area contributed by atoms with E-state index >= 15 is 0 Å². The molecule has 0 N–H and O–H groups in total. The number of rotatable bonds is 10. The molecular formula is C27H30O3. The smallest absolute Gasteiger partial charge is 0.0880 e. The summed E-state index contributed by atoms with van der Waals surface area (Å²) in [6, 6.07) is 20.7. The summed E-state index contributed by atoms with van der Waals surface area (Å²) in [6.45, 7) is 2.78. The predicted molar refractivity (Wildman–Crippen MR) is 120 cm³/mol. The SMILES string of the molecule is C(=Cc1ccccc1)COCC1(COCC=Cc2ccccc2)CC2CC1C1OC21. The van der Waals surface area contributed by atoms with Gasteiger partial charge in [0.25, 0.3) is 0 Å². The second-order valence-electron chi connectivity index (χ2n) is 8.89. The maximum absolute atomic E-state index is 6.15. The van der Waals surface area contributed by atoms with Gasteiger partial charge in [-0.3, -0.25) is 0 Å². The lowest BCUT2D eigenvalue weighted by Crippen LogP contribution is -2.40. The predicted octanol–water partition coefficient (Wildman–Crippen LogP) is 5.24. The molecule has 0 radical (unpaired) electrons. The van der Waals surface area contributed by atoms with E-state index in [4.69, 9.17) is 14.2 Å². The molecule has 3 nitrogen and oxygen atoms in total. The van der Waals surface area contributed by atoms with Gasteiger partial charge in [-0.1, -0.05) is 85.0 Å². The van der Waals surface area contributed by atoms with Crippen LogP contribution in [0, 0.1) is 17.3 Å². The van der Waals surface area contributed by atoms with E-state index < -0.39 is 0 Å². The van der Waals surface area contributed by atoms with E-state index in [1.165, 1.54) is 24.0 Å². The minimum atomic E-state index is 0.101. The summed E-state index contributed by atoms with van der Waals surface area (Å²) in [4.78, 5) is 0. The average molecular weight is 403 g/mol. The van der Waals surface area contributed by atoms with Gasteiger partial charge in [-0.05, 0) is 35.8 Å². The maximum Gasteiger partial charge on any atom is 0.0880 e. The van der Waals surface area contributed by atoms with Crippen molar-refractivity contribution in [2.75, 3.05) is 26.4 Å². The van der Waals surface area contributed by atoms with Gasteiger partial charge in [0.05, 0.1) is 38.6 Å². The molecule has 4 unspecified atom stereocenters. The Hall–Kier alpha value is -2.20. The molecule has 3 fully saturated rings. The first-order valence-corrected chi connectivity index (χ1v) is 11.1. The zero-order chi connectivity index (χ0) is 20.2. The number of fused-ring (bicyclic) bond motifs is 5. The van der Waals surface area contributed by atoms with E-state index in [0.29, 0.717) is 37.3 Å². The van der Waals surface area contributed by atoms with Crippen LogP contribution in [0.15, 0.2) is 72.8 Å². The highest BCUT2D eigenvalue weighted by Crippen LogP contribution is 2.64. The summed E-state index contributed by atoms with van der Waals surface area (Å²) < 4.78 is 18.2. The van der Waals surface area contributed by atoms with Crippen LogP contribution in [0.1, 0.15) is 24.0 Å². The molecule has 0 amide bonds. The Morgan fingerprint density at radius 2 is 1.37 bits per heavy atom. The van der Waals surface area contributed by atoms with E-state index in [9.17, 15) is 0 Å². The zero-order valence-corrected chi connectivity index (χ0v) is 17.4. The standard InChI is InChI=1S/C27H30O3/c1-3-9-21(10-4-1)13-7-15-28-19-27(18-23-17-24(27)26-25(23)30-26)20-29-16-8-14-22-11-5-2-6-12-22/h1-14,23-26H,15-20H2. The van der Waals surface area contributed by atoms with Gasteiger partial charge in [0.2, 0.25) is 0 Å². The lowest BCUT2D eigenvalue weighted by atomic mass is 9.74. The van der Waals surface area contributed by atoms with Crippen molar-refractivity contribution in [3.63, 3.8) is 0 Å². The van der Waals surface area contributed by atoms with Crippen LogP contribution in [0.3, 0.4) is 0 Å². The van der Waals surface area contributed by atoms with E-state index in [1.807, 2.05) is 12.1 Å². The van der Waals surface area contributed by atoms with Crippen LogP contribution in [0.25, 0.3) is 12.2 Å². The summed E-state index contributed by atoms with van der Waals surface area (Å²) in [5, 5.41) is 0. The molecule has 2 aromatic rings.